The molecule has 1 aliphatic rings. The maximum atomic E-state index is 12.4. The molecule has 142 valence electrons. The van der Waals surface area contributed by atoms with Crippen molar-refractivity contribution in [2.45, 2.75) is 13.3 Å². The van der Waals surface area contributed by atoms with Crippen LogP contribution in [0.3, 0.4) is 0 Å². The molecule has 1 aliphatic heterocycles. The van der Waals surface area contributed by atoms with Crippen LogP contribution in [0.5, 0.6) is 0 Å². The molecule has 0 bridgehead atoms. The SMILES string of the molecule is Cc1cc(N2CC(C(=O)NNC(=O)c3cc(Br)cn3C)CC2=O)ccc1Br. The van der Waals surface area contributed by atoms with Crippen molar-refractivity contribution in [3.8, 4) is 0 Å². The molecule has 1 atom stereocenters. The van der Waals surface area contributed by atoms with Gasteiger partial charge in [-0.05, 0) is 52.7 Å². The van der Waals surface area contributed by atoms with Crippen molar-refractivity contribution in [3.63, 3.8) is 0 Å². The molecule has 7 nitrogen and oxygen atoms in total. The first-order valence-electron chi connectivity index (χ1n) is 8.25. The van der Waals surface area contributed by atoms with E-state index in [1.165, 1.54) is 0 Å². The van der Waals surface area contributed by atoms with Gasteiger partial charge in [0.25, 0.3) is 5.91 Å². The van der Waals surface area contributed by atoms with Crippen molar-refractivity contribution in [3.05, 3.63) is 50.7 Å². The van der Waals surface area contributed by atoms with E-state index in [1.807, 2.05) is 25.1 Å². The third kappa shape index (κ3) is 4.24. The third-order valence-electron chi connectivity index (χ3n) is 4.45. The molecule has 1 fully saturated rings. The van der Waals surface area contributed by atoms with E-state index in [0.717, 1.165) is 20.2 Å². The Morgan fingerprint density at radius 3 is 2.56 bits per heavy atom. The summed E-state index contributed by atoms with van der Waals surface area (Å²) >= 11 is 6.73. The third-order valence-corrected chi connectivity index (χ3v) is 5.78. The number of carbonyl (C=O) groups excluding carboxylic acids is 3. The second kappa shape index (κ2) is 7.85. The number of hydrazine groups is 1. The summed E-state index contributed by atoms with van der Waals surface area (Å²) in [6, 6.07) is 7.27. The fraction of sp³-hybridized carbons (Fsp3) is 0.278. The number of rotatable bonds is 3. The monoisotopic (exact) mass is 496 g/mol. The van der Waals surface area contributed by atoms with Crippen molar-refractivity contribution < 1.29 is 14.4 Å². The highest BCUT2D eigenvalue weighted by atomic mass is 79.9. The molecular weight excluding hydrogens is 480 g/mol. The van der Waals surface area contributed by atoms with Crippen LogP contribution in [0.15, 0.2) is 39.4 Å². The first kappa shape index (κ1) is 19.6. The number of aryl methyl sites for hydroxylation is 2. The summed E-state index contributed by atoms with van der Waals surface area (Å²) < 4.78 is 3.37. The average molecular weight is 498 g/mol. The first-order chi connectivity index (χ1) is 12.8. The van der Waals surface area contributed by atoms with Gasteiger partial charge in [-0.3, -0.25) is 25.2 Å². The molecule has 0 aliphatic carbocycles. The fourth-order valence-electron chi connectivity index (χ4n) is 2.96. The Balaban J connectivity index is 1.61. The lowest BCUT2D eigenvalue weighted by atomic mass is 10.1. The topological polar surface area (TPSA) is 83.4 Å². The summed E-state index contributed by atoms with van der Waals surface area (Å²) in [5.41, 5.74) is 6.98. The Labute approximate surface area is 173 Å². The van der Waals surface area contributed by atoms with E-state index in [4.69, 9.17) is 0 Å². The molecule has 2 aromatic rings. The van der Waals surface area contributed by atoms with Crippen LogP contribution in [0.25, 0.3) is 0 Å². The van der Waals surface area contributed by atoms with Crippen molar-refractivity contribution in [2.75, 3.05) is 11.4 Å². The van der Waals surface area contributed by atoms with E-state index >= 15 is 0 Å². The second-order valence-corrected chi connectivity index (χ2v) is 8.21. The zero-order chi connectivity index (χ0) is 19.7. The Bertz CT molecular complexity index is 925. The molecule has 1 aromatic heterocycles. The molecule has 9 heteroatoms. The van der Waals surface area contributed by atoms with Crippen molar-refractivity contribution in [2.24, 2.45) is 13.0 Å². The van der Waals surface area contributed by atoms with Crippen LogP contribution in [0.4, 0.5) is 5.69 Å². The predicted octanol–water partition coefficient (Wildman–Crippen LogP) is 2.67. The van der Waals surface area contributed by atoms with Gasteiger partial charge in [0.1, 0.15) is 5.69 Å². The van der Waals surface area contributed by atoms with Gasteiger partial charge in [-0.15, -0.1) is 0 Å². The van der Waals surface area contributed by atoms with Crippen LogP contribution in [-0.2, 0) is 16.6 Å². The molecule has 0 spiro atoms. The Kier molecular flexibility index (Phi) is 5.71. The van der Waals surface area contributed by atoms with Crippen LogP contribution in [0, 0.1) is 12.8 Å². The lowest BCUT2D eigenvalue weighted by Gasteiger charge is -2.18. The molecule has 0 radical (unpaired) electrons. The molecule has 2 heterocycles. The van der Waals surface area contributed by atoms with E-state index in [9.17, 15) is 14.4 Å². The summed E-state index contributed by atoms with van der Waals surface area (Å²) in [7, 11) is 1.73. The standard InChI is InChI=1S/C18H18Br2N4O3/c1-10-5-13(3-4-14(10)20)24-8-11(6-16(24)25)17(26)21-22-18(27)15-7-12(19)9-23(15)2/h3-5,7,9,11H,6,8H2,1-2H3,(H,21,26)(H,22,27). The molecule has 27 heavy (non-hydrogen) atoms. The number of anilines is 1. The van der Waals surface area contributed by atoms with Gasteiger partial charge < -0.3 is 9.47 Å². The first-order valence-corrected chi connectivity index (χ1v) is 9.83. The van der Waals surface area contributed by atoms with Crippen molar-refractivity contribution >= 4 is 55.3 Å². The molecule has 1 aromatic carbocycles. The van der Waals surface area contributed by atoms with Gasteiger partial charge in [0.2, 0.25) is 11.8 Å². The van der Waals surface area contributed by atoms with E-state index in [1.54, 1.807) is 28.8 Å². The number of aromatic nitrogens is 1. The van der Waals surface area contributed by atoms with E-state index in [-0.39, 0.29) is 24.8 Å². The van der Waals surface area contributed by atoms with Gasteiger partial charge in [-0.2, -0.15) is 0 Å². The fourth-order valence-corrected chi connectivity index (χ4v) is 3.73. The molecule has 0 saturated carbocycles. The molecule has 3 rings (SSSR count). The molecule has 2 N–H and O–H groups in total. The summed E-state index contributed by atoms with van der Waals surface area (Å²) in [4.78, 5) is 38.5. The van der Waals surface area contributed by atoms with E-state index in [0.29, 0.717) is 5.69 Å². The molecular formula is C18H18Br2N4O3. The van der Waals surface area contributed by atoms with Gasteiger partial charge in [0.15, 0.2) is 0 Å². The van der Waals surface area contributed by atoms with Gasteiger partial charge in [-0.1, -0.05) is 15.9 Å². The van der Waals surface area contributed by atoms with Gasteiger partial charge in [0, 0.05) is 40.8 Å². The minimum absolute atomic E-state index is 0.104. The highest BCUT2D eigenvalue weighted by molar-refractivity contribution is 9.10. The number of hydrogen-bond acceptors (Lipinski definition) is 3. The normalized spacial score (nSPS) is 16.5. The summed E-state index contributed by atoms with van der Waals surface area (Å²) in [6.07, 6.45) is 1.84. The lowest BCUT2D eigenvalue weighted by Crippen LogP contribution is -2.45. The largest absolute Gasteiger partial charge is 0.345 e. The maximum absolute atomic E-state index is 12.4. The number of halogens is 2. The number of benzene rings is 1. The van der Waals surface area contributed by atoms with Crippen molar-refractivity contribution in [1.82, 2.24) is 15.4 Å². The van der Waals surface area contributed by atoms with Gasteiger partial charge in [0.05, 0.1) is 5.92 Å². The Morgan fingerprint density at radius 1 is 1.19 bits per heavy atom. The summed E-state index contributed by atoms with van der Waals surface area (Å²) in [6.45, 7) is 2.22. The zero-order valence-electron chi connectivity index (χ0n) is 14.8. The highest BCUT2D eigenvalue weighted by Gasteiger charge is 2.35. The maximum Gasteiger partial charge on any atom is 0.286 e. The minimum Gasteiger partial charge on any atom is -0.345 e. The predicted molar refractivity (Wildman–Crippen MR) is 108 cm³/mol. The van der Waals surface area contributed by atoms with Crippen LogP contribution in [0.1, 0.15) is 22.5 Å². The number of amides is 3. The number of carbonyl (C=O) groups is 3. The van der Waals surface area contributed by atoms with Gasteiger partial charge >= 0.3 is 0 Å². The van der Waals surface area contributed by atoms with E-state index < -0.39 is 11.8 Å². The van der Waals surface area contributed by atoms with E-state index in [2.05, 4.69) is 42.7 Å². The van der Waals surface area contributed by atoms with Gasteiger partial charge in [-0.25, -0.2) is 0 Å². The second-order valence-electron chi connectivity index (χ2n) is 6.44. The quantitative estimate of drug-likeness (QED) is 0.639. The number of nitrogens with zero attached hydrogens (tertiary/aromatic N) is 2. The average Bonchev–Trinajstić information content (AvgIpc) is 3.17. The lowest BCUT2D eigenvalue weighted by molar-refractivity contribution is -0.126. The van der Waals surface area contributed by atoms with Crippen LogP contribution in [-0.4, -0.2) is 28.8 Å². The van der Waals surface area contributed by atoms with Crippen LogP contribution in [0.2, 0.25) is 0 Å². The molecule has 1 unspecified atom stereocenters. The Hall–Kier alpha value is -2.13. The smallest absolute Gasteiger partial charge is 0.286 e. The minimum atomic E-state index is -0.526. The van der Waals surface area contributed by atoms with Crippen LogP contribution >= 0.6 is 31.9 Å². The number of nitrogens with one attached hydrogen (secondary N) is 2. The molecule has 3 amide bonds. The van der Waals surface area contributed by atoms with Crippen molar-refractivity contribution in [1.29, 1.82) is 0 Å². The zero-order valence-corrected chi connectivity index (χ0v) is 17.9. The van der Waals surface area contributed by atoms with Crippen LogP contribution < -0.4 is 15.8 Å². The highest BCUT2D eigenvalue weighted by Crippen LogP contribution is 2.28. The summed E-state index contributed by atoms with van der Waals surface area (Å²) in [5.74, 6) is -1.46. The summed E-state index contributed by atoms with van der Waals surface area (Å²) in [5, 5.41) is 0. The Morgan fingerprint density at radius 2 is 1.93 bits per heavy atom. The number of hydrogen-bond donors (Lipinski definition) is 2. The molecule has 1 saturated heterocycles.